The molecule has 1 aliphatic carbocycles. The zero-order valence-electron chi connectivity index (χ0n) is 15.7. The van der Waals surface area contributed by atoms with E-state index in [-0.39, 0.29) is 0 Å². The van der Waals surface area contributed by atoms with Crippen molar-refractivity contribution in [2.24, 2.45) is 0 Å². The SMILES string of the molecule is CS(=O)(=O)c1ccccc1-c1ccncc1C1(OCc2cc(Cl)ccc2Cl)CC1. The number of rotatable bonds is 6. The number of halogens is 2. The minimum Gasteiger partial charge on any atom is -0.365 e. The lowest BCUT2D eigenvalue weighted by Crippen LogP contribution is -2.14. The van der Waals surface area contributed by atoms with Gasteiger partial charge in [0, 0.05) is 39.8 Å². The molecule has 0 N–H and O–H groups in total. The molecule has 0 unspecified atom stereocenters. The Labute approximate surface area is 180 Å². The van der Waals surface area contributed by atoms with Gasteiger partial charge in [0.05, 0.1) is 17.1 Å². The van der Waals surface area contributed by atoms with E-state index in [0.29, 0.717) is 27.1 Å². The third-order valence-electron chi connectivity index (χ3n) is 5.10. The van der Waals surface area contributed by atoms with Gasteiger partial charge in [-0.2, -0.15) is 0 Å². The number of ether oxygens (including phenoxy) is 1. The maximum absolute atomic E-state index is 12.3. The first kappa shape index (κ1) is 20.4. The number of hydrogen-bond donors (Lipinski definition) is 0. The third kappa shape index (κ3) is 4.19. The Hall–Kier alpha value is -1.92. The molecule has 3 aromatic rings. The quantitative estimate of drug-likeness (QED) is 0.488. The van der Waals surface area contributed by atoms with Crippen LogP contribution in [0.4, 0.5) is 0 Å². The fraction of sp³-hybridized carbons (Fsp3) is 0.227. The van der Waals surface area contributed by atoms with Crippen LogP contribution in [0.15, 0.2) is 65.8 Å². The molecule has 29 heavy (non-hydrogen) atoms. The largest absolute Gasteiger partial charge is 0.365 e. The normalized spacial score (nSPS) is 15.3. The highest BCUT2D eigenvalue weighted by molar-refractivity contribution is 7.90. The van der Waals surface area contributed by atoms with Crippen LogP contribution in [0.1, 0.15) is 24.0 Å². The Balaban J connectivity index is 1.72. The maximum Gasteiger partial charge on any atom is 0.176 e. The average molecular weight is 448 g/mol. The molecule has 7 heteroatoms. The molecule has 0 atom stereocenters. The van der Waals surface area contributed by atoms with E-state index in [1.54, 1.807) is 42.7 Å². The molecule has 0 spiro atoms. The van der Waals surface area contributed by atoms with Gasteiger partial charge in [0.25, 0.3) is 0 Å². The van der Waals surface area contributed by atoms with Crippen molar-refractivity contribution in [1.29, 1.82) is 0 Å². The lowest BCUT2D eigenvalue weighted by molar-refractivity contribution is 0.0174. The molecular formula is C22H19Cl2NO3S. The molecule has 0 amide bonds. The Morgan fingerprint density at radius 2 is 1.83 bits per heavy atom. The molecule has 0 aliphatic heterocycles. The molecular weight excluding hydrogens is 429 g/mol. The number of benzene rings is 2. The van der Waals surface area contributed by atoms with Crippen molar-refractivity contribution < 1.29 is 13.2 Å². The fourth-order valence-electron chi connectivity index (χ4n) is 3.48. The van der Waals surface area contributed by atoms with Crippen molar-refractivity contribution in [1.82, 2.24) is 4.98 Å². The van der Waals surface area contributed by atoms with E-state index in [0.717, 1.165) is 29.5 Å². The van der Waals surface area contributed by atoms with E-state index in [2.05, 4.69) is 4.98 Å². The molecule has 1 fully saturated rings. The molecule has 150 valence electrons. The Kier molecular flexibility index (Phi) is 5.42. The molecule has 1 saturated carbocycles. The van der Waals surface area contributed by atoms with Gasteiger partial charge >= 0.3 is 0 Å². The second kappa shape index (κ2) is 7.73. The van der Waals surface area contributed by atoms with Crippen LogP contribution in [0.3, 0.4) is 0 Å². The summed E-state index contributed by atoms with van der Waals surface area (Å²) in [7, 11) is -3.38. The number of aromatic nitrogens is 1. The molecule has 0 radical (unpaired) electrons. The standard InChI is InChI=1S/C22H19Cl2NO3S/c1-29(26,27)21-5-3-2-4-18(21)17-8-11-25-13-19(17)22(9-10-22)28-14-15-12-16(23)6-7-20(15)24/h2-8,11-13H,9-10,14H2,1H3. The van der Waals surface area contributed by atoms with E-state index < -0.39 is 15.4 Å². The lowest BCUT2D eigenvalue weighted by atomic mass is 9.97. The van der Waals surface area contributed by atoms with Gasteiger partial charge in [0.2, 0.25) is 0 Å². The van der Waals surface area contributed by atoms with Gasteiger partial charge in [-0.15, -0.1) is 0 Å². The second-order valence-electron chi connectivity index (χ2n) is 7.21. The summed E-state index contributed by atoms with van der Waals surface area (Å²) in [6.45, 7) is 0.307. The van der Waals surface area contributed by atoms with Crippen LogP contribution in [0.5, 0.6) is 0 Å². The van der Waals surface area contributed by atoms with Gasteiger partial charge < -0.3 is 4.74 Å². The number of pyridine rings is 1. The summed E-state index contributed by atoms with van der Waals surface area (Å²) in [5, 5.41) is 1.20. The first-order valence-electron chi connectivity index (χ1n) is 9.12. The summed E-state index contributed by atoms with van der Waals surface area (Å²) in [4.78, 5) is 4.57. The predicted octanol–water partition coefficient (Wildman–Crippen LogP) is 5.66. The van der Waals surface area contributed by atoms with Gasteiger partial charge in [-0.3, -0.25) is 4.98 Å². The molecule has 0 saturated heterocycles. The highest BCUT2D eigenvalue weighted by Crippen LogP contribution is 2.53. The predicted molar refractivity (Wildman–Crippen MR) is 115 cm³/mol. The van der Waals surface area contributed by atoms with Crippen molar-refractivity contribution in [3.05, 3.63) is 82.1 Å². The number of hydrogen-bond acceptors (Lipinski definition) is 4. The van der Waals surface area contributed by atoms with Gasteiger partial charge in [0.15, 0.2) is 9.84 Å². The first-order valence-corrected chi connectivity index (χ1v) is 11.8. The lowest BCUT2D eigenvalue weighted by Gasteiger charge is -2.21. The third-order valence-corrected chi connectivity index (χ3v) is 6.86. The topological polar surface area (TPSA) is 56.3 Å². The molecule has 1 heterocycles. The zero-order chi connectivity index (χ0) is 20.6. The summed E-state index contributed by atoms with van der Waals surface area (Å²) in [5.41, 5.74) is 2.65. The van der Waals surface area contributed by atoms with Crippen molar-refractivity contribution in [2.45, 2.75) is 29.9 Å². The Morgan fingerprint density at radius 3 is 2.55 bits per heavy atom. The maximum atomic E-state index is 12.3. The summed E-state index contributed by atoms with van der Waals surface area (Å²) >= 11 is 12.4. The summed E-state index contributed by atoms with van der Waals surface area (Å²) < 4.78 is 30.9. The van der Waals surface area contributed by atoms with Crippen LogP contribution in [0.2, 0.25) is 10.0 Å². The first-order chi connectivity index (χ1) is 13.8. The zero-order valence-corrected chi connectivity index (χ0v) is 18.1. The molecule has 0 bridgehead atoms. The van der Waals surface area contributed by atoms with E-state index in [1.165, 1.54) is 6.26 Å². The summed E-state index contributed by atoms with van der Waals surface area (Å²) in [6, 6.07) is 14.1. The second-order valence-corrected chi connectivity index (χ2v) is 10.0. The highest BCUT2D eigenvalue weighted by atomic mass is 35.5. The van der Waals surface area contributed by atoms with Gasteiger partial charge in [0.1, 0.15) is 0 Å². The van der Waals surface area contributed by atoms with Crippen LogP contribution >= 0.6 is 23.2 Å². The molecule has 1 aromatic heterocycles. The smallest absolute Gasteiger partial charge is 0.176 e. The highest BCUT2D eigenvalue weighted by Gasteiger charge is 2.47. The van der Waals surface area contributed by atoms with Crippen molar-refractivity contribution in [3.8, 4) is 11.1 Å². The molecule has 4 rings (SSSR count). The van der Waals surface area contributed by atoms with Crippen LogP contribution in [0.25, 0.3) is 11.1 Å². The van der Waals surface area contributed by atoms with E-state index in [1.807, 2.05) is 18.2 Å². The van der Waals surface area contributed by atoms with Crippen LogP contribution < -0.4 is 0 Å². The Bertz CT molecular complexity index is 1170. The fourth-order valence-corrected chi connectivity index (χ4v) is 4.75. The number of nitrogens with zero attached hydrogens (tertiary/aromatic N) is 1. The van der Waals surface area contributed by atoms with Crippen molar-refractivity contribution in [2.75, 3.05) is 6.26 Å². The van der Waals surface area contributed by atoms with E-state index >= 15 is 0 Å². The van der Waals surface area contributed by atoms with Gasteiger partial charge in [-0.25, -0.2) is 8.42 Å². The van der Waals surface area contributed by atoms with E-state index in [9.17, 15) is 8.42 Å². The minimum atomic E-state index is -3.38. The molecule has 2 aromatic carbocycles. The van der Waals surface area contributed by atoms with Crippen molar-refractivity contribution in [3.63, 3.8) is 0 Å². The van der Waals surface area contributed by atoms with Crippen molar-refractivity contribution >= 4 is 33.0 Å². The van der Waals surface area contributed by atoms with Crippen LogP contribution in [0, 0.1) is 0 Å². The average Bonchev–Trinajstić information content (AvgIpc) is 3.49. The van der Waals surface area contributed by atoms with E-state index in [4.69, 9.17) is 27.9 Å². The summed E-state index contributed by atoms with van der Waals surface area (Å²) in [6.07, 6.45) is 6.30. The van der Waals surface area contributed by atoms with Crippen LogP contribution in [-0.2, 0) is 26.8 Å². The molecule has 4 nitrogen and oxygen atoms in total. The summed E-state index contributed by atoms with van der Waals surface area (Å²) in [5.74, 6) is 0. The van der Waals surface area contributed by atoms with Crippen LogP contribution in [-0.4, -0.2) is 19.7 Å². The number of sulfone groups is 1. The molecule has 1 aliphatic rings. The minimum absolute atomic E-state index is 0.293. The van der Waals surface area contributed by atoms with Gasteiger partial charge in [-0.1, -0.05) is 41.4 Å². The monoisotopic (exact) mass is 447 g/mol. The Morgan fingerprint density at radius 1 is 1.07 bits per heavy atom. The van der Waals surface area contributed by atoms with Gasteiger partial charge in [-0.05, 0) is 54.3 Å².